The summed E-state index contributed by atoms with van der Waals surface area (Å²) in [6.45, 7) is 8.08. The highest BCUT2D eigenvalue weighted by Crippen LogP contribution is 2.44. The van der Waals surface area contributed by atoms with E-state index in [2.05, 4.69) is 48.3 Å². The molecule has 0 aromatic heterocycles. The number of piperazine rings is 1. The highest BCUT2D eigenvalue weighted by atomic mass is 16.5. The first-order chi connectivity index (χ1) is 10.2. The molecule has 1 N–H and O–H groups in total. The van der Waals surface area contributed by atoms with Gasteiger partial charge in [-0.25, -0.2) is 0 Å². The molecule has 1 saturated heterocycles. The lowest BCUT2D eigenvalue weighted by atomic mass is 9.88. The zero-order valence-corrected chi connectivity index (χ0v) is 13.6. The van der Waals surface area contributed by atoms with E-state index in [1.165, 1.54) is 24.8 Å². The Kier molecular flexibility index (Phi) is 4.23. The second kappa shape index (κ2) is 5.98. The van der Waals surface area contributed by atoms with Crippen molar-refractivity contribution in [2.24, 2.45) is 5.92 Å². The van der Waals surface area contributed by atoms with Gasteiger partial charge in [-0.1, -0.05) is 19.1 Å². The van der Waals surface area contributed by atoms with Gasteiger partial charge in [0.2, 0.25) is 0 Å². The van der Waals surface area contributed by atoms with Gasteiger partial charge in [-0.05, 0) is 49.8 Å². The average molecular weight is 288 g/mol. The van der Waals surface area contributed by atoms with Gasteiger partial charge in [-0.2, -0.15) is 0 Å². The molecule has 0 bridgehead atoms. The summed E-state index contributed by atoms with van der Waals surface area (Å²) in [5.74, 6) is 1.82. The van der Waals surface area contributed by atoms with Crippen LogP contribution in [0.15, 0.2) is 24.3 Å². The van der Waals surface area contributed by atoms with Crippen LogP contribution in [0.5, 0.6) is 5.75 Å². The molecule has 3 heteroatoms. The van der Waals surface area contributed by atoms with Crippen LogP contribution in [0.4, 0.5) is 0 Å². The molecule has 1 saturated carbocycles. The van der Waals surface area contributed by atoms with E-state index >= 15 is 0 Å². The topological polar surface area (TPSA) is 24.5 Å². The van der Waals surface area contributed by atoms with E-state index < -0.39 is 0 Å². The minimum absolute atomic E-state index is 0.325. The minimum Gasteiger partial charge on any atom is -0.497 e. The van der Waals surface area contributed by atoms with Crippen molar-refractivity contribution in [3.63, 3.8) is 0 Å². The van der Waals surface area contributed by atoms with Crippen LogP contribution in [-0.2, 0) is 6.54 Å². The molecular formula is C18H28N2O. The number of nitrogens with zero attached hydrogens (tertiary/aromatic N) is 1. The lowest BCUT2D eigenvalue weighted by molar-refractivity contribution is 0.0270. The number of rotatable bonds is 5. The zero-order chi connectivity index (χ0) is 14.9. The molecule has 1 aromatic carbocycles. The molecular weight excluding hydrogens is 260 g/mol. The predicted octanol–water partition coefficient (Wildman–Crippen LogP) is 3.05. The van der Waals surface area contributed by atoms with Gasteiger partial charge >= 0.3 is 0 Å². The quantitative estimate of drug-likeness (QED) is 0.901. The van der Waals surface area contributed by atoms with E-state index in [4.69, 9.17) is 4.74 Å². The lowest BCUT2D eigenvalue weighted by Crippen LogP contribution is -2.63. The molecule has 1 aliphatic heterocycles. The number of hydrogen-bond acceptors (Lipinski definition) is 3. The predicted molar refractivity (Wildman–Crippen MR) is 86.6 cm³/mol. The summed E-state index contributed by atoms with van der Waals surface area (Å²) in [7, 11) is 1.72. The maximum Gasteiger partial charge on any atom is 0.118 e. The number of hydrogen-bond donors (Lipinski definition) is 1. The van der Waals surface area contributed by atoms with E-state index in [0.717, 1.165) is 31.3 Å². The van der Waals surface area contributed by atoms with Crippen LogP contribution < -0.4 is 10.1 Å². The Balaban J connectivity index is 1.74. The fraction of sp³-hybridized carbons (Fsp3) is 0.667. The second-order valence-corrected chi connectivity index (χ2v) is 6.85. The SMILES string of the molecule is CCC1CN(Cc2ccc(OC)cc2)C(C)(C2CC2)CN1. The first-order valence-corrected chi connectivity index (χ1v) is 8.27. The first kappa shape index (κ1) is 14.9. The standard InChI is InChI=1S/C18H28N2O/c1-4-16-12-20(18(2,13-19-16)15-7-8-15)11-14-5-9-17(21-3)10-6-14/h5-6,9-10,15-16,19H,4,7-8,11-13H2,1-3H3. The summed E-state index contributed by atoms with van der Waals surface area (Å²) < 4.78 is 5.26. The second-order valence-electron chi connectivity index (χ2n) is 6.85. The fourth-order valence-electron chi connectivity index (χ4n) is 3.58. The first-order valence-electron chi connectivity index (χ1n) is 8.27. The Hall–Kier alpha value is -1.06. The van der Waals surface area contributed by atoms with Crippen LogP contribution >= 0.6 is 0 Å². The largest absolute Gasteiger partial charge is 0.497 e. The van der Waals surface area contributed by atoms with Gasteiger partial charge in [-0.15, -0.1) is 0 Å². The maximum atomic E-state index is 5.26. The summed E-state index contributed by atoms with van der Waals surface area (Å²) in [5.41, 5.74) is 1.71. The van der Waals surface area contributed by atoms with E-state index in [-0.39, 0.29) is 0 Å². The van der Waals surface area contributed by atoms with Crippen molar-refractivity contribution in [1.29, 1.82) is 0 Å². The number of nitrogens with one attached hydrogen (secondary N) is 1. The van der Waals surface area contributed by atoms with Crippen molar-refractivity contribution in [1.82, 2.24) is 10.2 Å². The Morgan fingerprint density at radius 3 is 2.57 bits per heavy atom. The van der Waals surface area contributed by atoms with Crippen molar-refractivity contribution >= 4 is 0 Å². The summed E-state index contributed by atoms with van der Waals surface area (Å²) in [4.78, 5) is 2.72. The molecule has 3 rings (SSSR count). The Morgan fingerprint density at radius 2 is 2.00 bits per heavy atom. The highest BCUT2D eigenvalue weighted by molar-refractivity contribution is 5.27. The summed E-state index contributed by atoms with van der Waals surface area (Å²) in [6.07, 6.45) is 4.00. The van der Waals surface area contributed by atoms with E-state index in [1.807, 2.05) is 0 Å². The van der Waals surface area contributed by atoms with Crippen molar-refractivity contribution in [3.8, 4) is 5.75 Å². The molecule has 1 aliphatic carbocycles. The van der Waals surface area contributed by atoms with Crippen LogP contribution in [0.2, 0.25) is 0 Å². The third-order valence-corrected chi connectivity index (χ3v) is 5.39. The van der Waals surface area contributed by atoms with Gasteiger partial charge in [0, 0.05) is 31.2 Å². The van der Waals surface area contributed by atoms with Crippen LogP contribution in [0, 0.1) is 5.92 Å². The molecule has 21 heavy (non-hydrogen) atoms. The Labute approximate surface area is 128 Å². The molecule has 116 valence electrons. The number of methoxy groups -OCH3 is 1. The van der Waals surface area contributed by atoms with Gasteiger partial charge in [-0.3, -0.25) is 4.90 Å². The number of ether oxygens (including phenoxy) is 1. The van der Waals surface area contributed by atoms with Gasteiger partial charge in [0.15, 0.2) is 0 Å². The zero-order valence-electron chi connectivity index (χ0n) is 13.6. The van der Waals surface area contributed by atoms with Crippen molar-refractivity contribution in [3.05, 3.63) is 29.8 Å². The van der Waals surface area contributed by atoms with Crippen LogP contribution in [0.3, 0.4) is 0 Å². The molecule has 2 atom stereocenters. The molecule has 3 nitrogen and oxygen atoms in total. The molecule has 2 aliphatic rings. The monoisotopic (exact) mass is 288 g/mol. The normalized spacial score (nSPS) is 30.3. The van der Waals surface area contributed by atoms with Crippen LogP contribution in [0.1, 0.15) is 38.7 Å². The summed E-state index contributed by atoms with van der Waals surface area (Å²) in [5, 5.41) is 3.75. The molecule has 2 unspecified atom stereocenters. The third kappa shape index (κ3) is 3.09. The Morgan fingerprint density at radius 1 is 1.29 bits per heavy atom. The molecule has 1 heterocycles. The van der Waals surface area contributed by atoms with Gasteiger partial charge < -0.3 is 10.1 Å². The van der Waals surface area contributed by atoms with Gasteiger partial charge in [0.05, 0.1) is 7.11 Å². The molecule has 1 aromatic rings. The molecule has 2 fully saturated rings. The number of benzene rings is 1. The molecule has 0 spiro atoms. The van der Waals surface area contributed by atoms with E-state index in [1.54, 1.807) is 7.11 Å². The van der Waals surface area contributed by atoms with Crippen molar-refractivity contribution in [2.45, 2.75) is 51.2 Å². The minimum atomic E-state index is 0.325. The van der Waals surface area contributed by atoms with E-state index in [9.17, 15) is 0 Å². The van der Waals surface area contributed by atoms with E-state index in [0.29, 0.717) is 11.6 Å². The smallest absolute Gasteiger partial charge is 0.118 e. The molecule has 0 amide bonds. The van der Waals surface area contributed by atoms with Gasteiger partial charge in [0.1, 0.15) is 5.75 Å². The van der Waals surface area contributed by atoms with Crippen LogP contribution in [-0.4, -0.2) is 36.7 Å². The van der Waals surface area contributed by atoms with Crippen molar-refractivity contribution in [2.75, 3.05) is 20.2 Å². The molecule has 0 radical (unpaired) electrons. The summed E-state index contributed by atoms with van der Waals surface area (Å²) >= 11 is 0. The Bertz CT molecular complexity index is 469. The van der Waals surface area contributed by atoms with Gasteiger partial charge in [0.25, 0.3) is 0 Å². The fourth-order valence-corrected chi connectivity index (χ4v) is 3.58. The maximum absolute atomic E-state index is 5.26. The van der Waals surface area contributed by atoms with Crippen molar-refractivity contribution < 1.29 is 4.74 Å². The summed E-state index contributed by atoms with van der Waals surface area (Å²) in [6, 6.07) is 9.19. The lowest BCUT2D eigenvalue weighted by Gasteiger charge is -2.48. The average Bonchev–Trinajstić information content (AvgIpc) is 3.35. The third-order valence-electron chi connectivity index (χ3n) is 5.39. The van der Waals surface area contributed by atoms with Crippen LogP contribution in [0.25, 0.3) is 0 Å². The highest BCUT2D eigenvalue weighted by Gasteiger charge is 2.47.